The number of H-pyrrole nitrogens is 1. The number of hydrogen-bond donors (Lipinski definition) is 2. The van der Waals surface area contributed by atoms with Crippen LogP contribution in [0.1, 0.15) is 25.2 Å². The molecule has 4 rings (SSSR count). The van der Waals surface area contributed by atoms with Crippen molar-refractivity contribution in [1.82, 2.24) is 29.6 Å². The molecule has 0 bridgehead atoms. The molecule has 0 radical (unpaired) electrons. The smallest absolute Gasteiger partial charge is 0.180 e. The lowest BCUT2D eigenvalue weighted by atomic mass is 10.2. The maximum Gasteiger partial charge on any atom is 0.180 e. The number of nitrogens with zero attached hydrogens (tertiary/aromatic N) is 5. The fourth-order valence-electron chi connectivity index (χ4n) is 3.30. The highest BCUT2D eigenvalue weighted by Gasteiger charge is 2.17. The Hall–Kier alpha value is -2.20. The molecule has 0 atom stereocenters. The second-order valence-electron chi connectivity index (χ2n) is 7.18. The first-order valence-electron chi connectivity index (χ1n) is 10.8. The van der Waals surface area contributed by atoms with Crippen molar-refractivity contribution in [2.75, 3.05) is 52.3 Å². The SMILES string of the molecule is CC.CNCc1cc2nc(-c3nc(CSN(C)C)cc(N4CCOCC4)n3)ccc2[nH]1. The number of ether oxygens (including phenoxy) is 1. The Morgan fingerprint density at radius 1 is 1.13 bits per heavy atom. The van der Waals surface area contributed by atoms with E-state index in [1.165, 1.54) is 0 Å². The van der Waals surface area contributed by atoms with Gasteiger partial charge in [0.1, 0.15) is 11.5 Å². The Kier molecular flexibility index (Phi) is 8.65. The van der Waals surface area contributed by atoms with E-state index in [0.29, 0.717) is 5.82 Å². The van der Waals surface area contributed by atoms with E-state index in [-0.39, 0.29) is 0 Å². The number of rotatable bonds is 7. The molecule has 0 saturated carbocycles. The fraction of sp³-hybridized carbons (Fsp3) is 0.500. The molecule has 0 aromatic carbocycles. The monoisotopic (exact) mass is 443 g/mol. The molecule has 0 spiro atoms. The Morgan fingerprint density at radius 2 is 1.90 bits per heavy atom. The second kappa shape index (κ2) is 11.4. The lowest BCUT2D eigenvalue weighted by Gasteiger charge is -2.28. The van der Waals surface area contributed by atoms with E-state index in [1.54, 1.807) is 11.9 Å². The summed E-state index contributed by atoms with van der Waals surface area (Å²) in [5, 5.41) is 3.16. The van der Waals surface area contributed by atoms with Gasteiger partial charge in [0.2, 0.25) is 0 Å². The Labute approximate surface area is 188 Å². The molecule has 1 aliphatic heterocycles. The highest BCUT2D eigenvalue weighted by molar-refractivity contribution is 7.96. The molecular weight excluding hydrogens is 410 g/mol. The van der Waals surface area contributed by atoms with Crippen molar-refractivity contribution in [2.45, 2.75) is 26.1 Å². The lowest BCUT2D eigenvalue weighted by Crippen LogP contribution is -2.37. The van der Waals surface area contributed by atoms with Gasteiger partial charge in [0.25, 0.3) is 0 Å². The number of anilines is 1. The van der Waals surface area contributed by atoms with Crippen LogP contribution in [0.4, 0.5) is 5.82 Å². The van der Waals surface area contributed by atoms with Crippen molar-refractivity contribution in [3.63, 3.8) is 0 Å². The first kappa shape index (κ1) is 23.5. The quantitative estimate of drug-likeness (QED) is 0.538. The van der Waals surface area contributed by atoms with Crippen molar-refractivity contribution in [3.05, 3.63) is 35.7 Å². The Morgan fingerprint density at radius 3 is 2.61 bits per heavy atom. The highest BCUT2D eigenvalue weighted by Crippen LogP contribution is 2.24. The minimum Gasteiger partial charge on any atom is -0.378 e. The molecule has 0 amide bonds. The molecular formula is C22H33N7OS. The first-order chi connectivity index (χ1) is 15.1. The van der Waals surface area contributed by atoms with E-state index in [4.69, 9.17) is 19.7 Å². The van der Waals surface area contributed by atoms with Gasteiger partial charge in [-0.05, 0) is 39.3 Å². The summed E-state index contributed by atoms with van der Waals surface area (Å²) in [5.41, 5.74) is 4.85. The number of morpholine rings is 1. The molecule has 1 fully saturated rings. The summed E-state index contributed by atoms with van der Waals surface area (Å²) >= 11 is 1.72. The van der Waals surface area contributed by atoms with Gasteiger partial charge in [-0.25, -0.2) is 15.0 Å². The predicted octanol–water partition coefficient (Wildman–Crippen LogP) is 3.31. The number of aromatic nitrogens is 4. The van der Waals surface area contributed by atoms with Gasteiger partial charge in [-0.1, -0.05) is 25.8 Å². The van der Waals surface area contributed by atoms with Gasteiger partial charge in [0.15, 0.2) is 5.82 Å². The molecule has 168 valence electrons. The van der Waals surface area contributed by atoms with Crippen LogP contribution in [0.25, 0.3) is 22.6 Å². The van der Waals surface area contributed by atoms with Crippen LogP contribution in [0, 0.1) is 0 Å². The Bertz CT molecular complexity index is 970. The van der Waals surface area contributed by atoms with E-state index in [1.807, 2.05) is 41.1 Å². The normalized spacial score (nSPS) is 14.1. The Balaban J connectivity index is 0.00000132. The zero-order valence-electron chi connectivity index (χ0n) is 19.1. The summed E-state index contributed by atoms with van der Waals surface area (Å²) in [6.07, 6.45) is 0. The summed E-state index contributed by atoms with van der Waals surface area (Å²) in [6.45, 7) is 7.91. The first-order valence-corrected chi connectivity index (χ1v) is 11.7. The van der Waals surface area contributed by atoms with Crippen LogP contribution in [0.5, 0.6) is 0 Å². The van der Waals surface area contributed by atoms with Crippen LogP contribution in [-0.2, 0) is 17.0 Å². The standard InChI is InChI=1S/C20H27N7OS.C2H6/c1-21-12-14-10-18-16(22-14)4-5-17(24-18)20-23-15(13-29-26(2)3)11-19(25-20)27-6-8-28-9-7-27;1-2/h4-5,10-11,21-22H,6-9,12-13H2,1-3H3;1-2H3. The topological polar surface area (TPSA) is 82.2 Å². The van der Waals surface area contributed by atoms with Gasteiger partial charge < -0.3 is 19.9 Å². The lowest BCUT2D eigenvalue weighted by molar-refractivity contribution is 0.122. The molecule has 0 aliphatic carbocycles. The number of fused-ring (bicyclic) bond motifs is 1. The van der Waals surface area contributed by atoms with Crippen molar-refractivity contribution in [2.24, 2.45) is 0 Å². The molecule has 3 aromatic heterocycles. The van der Waals surface area contributed by atoms with E-state index in [0.717, 1.165) is 72.5 Å². The van der Waals surface area contributed by atoms with Crippen molar-refractivity contribution in [3.8, 4) is 11.5 Å². The van der Waals surface area contributed by atoms with Crippen LogP contribution >= 0.6 is 11.9 Å². The molecule has 3 aromatic rings. The molecule has 9 heteroatoms. The molecule has 0 unspecified atom stereocenters. The zero-order chi connectivity index (χ0) is 22.2. The van der Waals surface area contributed by atoms with Crippen LogP contribution in [0.3, 0.4) is 0 Å². The number of pyridine rings is 1. The third kappa shape index (κ3) is 6.16. The summed E-state index contributed by atoms with van der Waals surface area (Å²) < 4.78 is 7.59. The van der Waals surface area contributed by atoms with Gasteiger partial charge in [-0.3, -0.25) is 4.31 Å². The maximum absolute atomic E-state index is 5.50. The van der Waals surface area contributed by atoms with E-state index in [2.05, 4.69) is 37.7 Å². The van der Waals surface area contributed by atoms with Crippen molar-refractivity contribution >= 4 is 28.8 Å². The van der Waals surface area contributed by atoms with Crippen molar-refractivity contribution in [1.29, 1.82) is 0 Å². The zero-order valence-corrected chi connectivity index (χ0v) is 19.9. The van der Waals surface area contributed by atoms with Gasteiger partial charge in [0, 0.05) is 31.4 Å². The van der Waals surface area contributed by atoms with Gasteiger partial charge >= 0.3 is 0 Å². The van der Waals surface area contributed by atoms with E-state index >= 15 is 0 Å². The van der Waals surface area contributed by atoms with Gasteiger partial charge in [0.05, 0.1) is 35.7 Å². The summed E-state index contributed by atoms with van der Waals surface area (Å²) in [5.74, 6) is 2.40. The number of hydrogen-bond acceptors (Lipinski definition) is 8. The largest absolute Gasteiger partial charge is 0.378 e. The average molecular weight is 444 g/mol. The molecule has 4 heterocycles. The van der Waals surface area contributed by atoms with Crippen LogP contribution in [-0.4, -0.2) is 71.7 Å². The second-order valence-corrected chi connectivity index (χ2v) is 8.46. The van der Waals surface area contributed by atoms with Gasteiger partial charge in [-0.2, -0.15) is 0 Å². The minimum atomic E-state index is 0.668. The molecule has 8 nitrogen and oxygen atoms in total. The third-order valence-corrected chi connectivity index (χ3v) is 5.64. The molecule has 1 aliphatic rings. The number of nitrogens with one attached hydrogen (secondary N) is 2. The molecule has 31 heavy (non-hydrogen) atoms. The molecule has 1 saturated heterocycles. The molecule has 2 N–H and O–H groups in total. The minimum absolute atomic E-state index is 0.668. The van der Waals surface area contributed by atoms with Gasteiger partial charge in [-0.15, -0.1) is 0 Å². The third-order valence-electron chi connectivity index (χ3n) is 4.70. The average Bonchev–Trinajstić information content (AvgIpc) is 3.21. The summed E-state index contributed by atoms with van der Waals surface area (Å²) in [6, 6.07) is 8.20. The fourth-order valence-corrected chi connectivity index (χ4v) is 3.83. The van der Waals surface area contributed by atoms with Crippen LogP contribution in [0.15, 0.2) is 24.3 Å². The summed E-state index contributed by atoms with van der Waals surface area (Å²) in [4.78, 5) is 20.1. The van der Waals surface area contributed by atoms with Crippen LogP contribution in [0.2, 0.25) is 0 Å². The summed E-state index contributed by atoms with van der Waals surface area (Å²) in [7, 11) is 6.02. The highest BCUT2D eigenvalue weighted by atomic mass is 32.2. The number of aromatic amines is 1. The van der Waals surface area contributed by atoms with Crippen molar-refractivity contribution < 1.29 is 4.74 Å². The van der Waals surface area contributed by atoms with E-state index in [9.17, 15) is 0 Å². The maximum atomic E-state index is 5.50. The van der Waals surface area contributed by atoms with E-state index < -0.39 is 0 Å². The predicted molar refractivity (Wildman–Crippen MR) is 129 cm³/mol. The van der Waals surface area contributed by atoms with Crippen LogP contribution < -0.4 is 10.2 Å².